The van der Waals surface area contributed by atoms with E-state index in [-0.39, 0.29) is 12.1 Å². The standard InChI is InChI=1S/C42H48N8O8/c1-23(51)35(47-41(55)57-3)39(53)49-17-5-7-33(49)37-43-21-31(45-37)26-11-9-25(10-12-26)27-13-14-29-20-30(16-15-28(29)19-27)32-22-44-38(46-32)34-8-6-18-50(34)40(54)36(24(2)52)48-42(56)58-4/h9-16,19-24,33-36,51-52H,5-8,17-18H2,1-4H3,(H,43,45)(H,44,46)(H,47,55)(H,48,56). The molecule has 2 aromatic heterocycles. The van der Waals surface area contributed by atoms with E-state index >= 15 is 0 Å². The minimum absolute atomic E-state index is 0.323. The van der Waals surface area contributed by atoms with Gasteiger partial charge in [-0.15, -0.1) is 0 Å². The van der Waals surface area contributed by atoms with Crippen molar-refractivity contribution in [1.29, 1.82) is 0 Å². The smallest absolute Gasteiger partial charge is 0.407 e. The number of aliphatic hydroxyl groups is 2. The van der Waals surface area contributed by atoms with Crippen molar-refractivity contribution >= 4 is 34.8 Å². The van der Waals surface area contributed by atoms with E-state index in [0.29, 0.717) is 37.6 Å². The molecule has 2 aliphatic heterocycles. The summed E-state index contributed by atoms with van der Waals surface area (Å²) in [4.78, 5) is 69.8. The molecule has 3 aromatic carbocycles. The molecule has 6 N–H and O–H groups in total. The van der Waals surface area contributed by atoms with Crippen molar-refractivity contribution in [2.45, 2.75) is 75.9 Å². The Hall–Kier alpha value is -6.26. The van der Waals surface area contributed by atoms with Gasteiger partial charge in [-0.1, -0.05) is 48.5 Å². The number of amides is 4. The number of carbonyl (C=O) groups is 4. The zero-order valence-corrected chi connectivity index (χ0v) is 32.8. The lowest BCUT2D eigenvalue weighted by molar-refractivity contribution is -0.137. The number of aliphatic hydroxyl groups excluding tert-OH is 2. The topological polar surface area (TPSA) is 215 Å². The Morgan fingerprint density at radius 3 is 1.53 bits per heavy atom. The van der Waals surface area contributed by atoms with E-state index < -0.39 is 48.3 Å². The molecule has 4 amide bonds. The average molecular weight is 793 g/mol. The highest BCUT2D eigenvalue weighted by Gasteiger charge is 2.39. The number of aromatic nitrogens is 4. The third kappa shape index (κ3) is 8.24. The lowest BCUT2D eigenvalue weighted by Crippen LogP contribution is -2.53. The summed E-state index contributed by atoms with van der Waals surface area (Å²) < 4.78 is 9.30. The van der Waals surface area contributed by atoms with Crippen LogP contribution in [0.3, 0.4) is 0 Å². The lowest BCUT2D eigenvalue weighted by Gasteiger charge is -2.29. The molecule has 0 bridgehead atoms. The zero-order valence-electron chi connectivity index (χ0n) is 32.8. The molecule has 304 valence electrons. The molecule has 0 aliphatic carbocycles. The Balaban J connectivity index is 1.02. The minimum atomic E-state index is -1.14. The number of alkyl carbamates (subject to hydrolysis) is 2. The number of nitrogens with one attached hydrogen (secondary N) is 4. The number of likely N-dealkylation sites (tertiary alicyclic amines) is 2. The number of ether oxygens (including phenoxy) is 2. The van der Waals surface area contributed by atoms with E-state index in [2.05, 4.69) is 82.5 Å². The second kappa shape index (κ2) is 17.1. The first-order valence-electron chi connectivity index (χ1n) is 19.4. The Morgan fingerprint density at radius 1 is 0.655 bits per heavy atom. The van der Waals surface area contributed by atoms with E-state index in [1.807, 2.05) is 18.2 Å². The molecule has 2 saturated heterocycles. The van der Waals surface area contributed by atoms with Gasteiger partial charge in [0.2, 0.25) is 11.8 Å². The summed E-state index contributed by atoms with van der Waals surface area (Å²) in [5.74, 6) is 0.489. The van der Waals surface area contributed by atoms with Crippen LogP contribution in [-0.4, -0.2) is 116 Å². The highest BCUT2D eigenvalue weighted by molar-refractivity contribution is 5.91. The summed E-state index contributed by atoms with van der Waals surface area (Å²) in [6.07, 6.45) is 2.63. The van der Waals surface area contributed by atoms with E-state index in [4.69, 9.17) is 0 Å². The summed E-state index contributed by atoms with van der Waals surface area (Å²) >= 11 is 0. The molecule has 5 aromatic rings. The van der Waals surface area contributed by atoms with E-state index in [1.54, 1.807) is 22.2 Å². The normalized spacial score (nSPS) is 18.7. The van der Waals surface area contributed by atoms with Crippen molar-refractivity contribution in [3.05, 3.63) is 84.7 Å². The molecule has 2 aliphatic rings. The molecule has 7 rings (SSSR count). The highest BCUT2D eigenvalue weighted by Crippen LogP contribution is 2.35. The van der Waals surface area contributed by atoms with Crippen LogP contribution in [0.25, 0.3) is 44.4 Å². The van der Waals surface area contributed by atoms with Crippen molar-refractivity contribution in [3.63, 3.8) is 0 Å². The van der Waals surface area contributed by atoms with Crippen LogP contribution in [0.4, 0.5) is 9.59 Å². The van der Waals surface area contributed by atoms with E-state index in [9.17, 15) is 29.4 Å². The van der Waals surface area contributed by atoms with Crippen molar-refractivity contribution < 1.29 is 38.9 Å². The van der Waals surface area contributed by atoms with Gasteiger partial charge >= 0.3 is 12.2 Å². The fourth-order valence-electron chi connectivity index (χ4n) is 7.88. The summed E-state index contributed by atoms with van der Waals surface area (Å²) in [6, 6.07) is 17.7. The number of hydrogen-bond acceptors (Lipinski definition) is 10. The summed E-state index contributed by atoms with van der Waals surface area (Å²) in [5, 5.41) is 27.5. The van der Waals surface area contributed by atoms with Gasteiger partial charge in [0.15, 0.2) is 0 Å². The van der Waals surface area contributed by atoms with Crippen molar-refractivity contribution in [2.75, 3.05) is 27.3 Å². The molecule has 6 atom stereocenters. The van der Waals surface area contributed by atoms with Gasteiger partial charge in [-0.2, -0.15) is 0 Å². The molecular weight excluding hydrogens is 745 g/mol. The van der Waals surface area contributed by atoms with Crippen molar-refractivity contribution in [2.24, 2.45) is 0 Å². The maximum atomic E-state index is 13.4. The summed E-state index contributed by atoms with van der Waals surface area (Å²) in [6.45, 7) is 3.86. The first-order chi connectivity index (χ1) is 27.9. The first kappa shape index (κ1) is 40.0. The zero-order chi connectivity index (χ0) is 41.1. The number of hydrogen-bond donors (Lipinski definition) is 6. The quantitative estimate of drug-likeness (QED) is 0.107. The fraction of sp³-hybridized carbons (Fsp3) is 0.381. The van der Waals surface area contributed by atoms with Gasteiger partial charge in [0, 0.05) is 18.7 Å². The van der Waals surface area contributed by atoms with Crippen LogP contribution in [0.5, 0.6) is 0 Å². The second-order valence-electron chi connectivity index (χ2n) is 14.8. The maximum absolute atomic E-state index is 13.4. The molecule has 2 fully saturated rings. The molecule has 16 heteroatoms. The van der Waals surface area contributed by atoms with Crippen LogP contribution >= 0.6 is 0 Å². The Labute approximate surface area is 335 Å². The predicted molar refractivity (Wildman–Crippen MR) is 214 cm³/mol. The van der Waals surface area contributed by atoms with Crippen molar-refractivity contribution in [1.82, 2.24) is 40.4 Å². The Morgan fingerprint density at radius 2 is 1.07 bits per heavy atom. The average Bonchev–Trinajstić information content (AvgIpc) is 4.07. The molecular formula is C42H48N8O8. The summed E-state index contributed by atoms with van der Waals surface area (Å²) in [7, 11) is 2.41. The van der Waals surface area contributed by atoms with Gasteiger partial charge in [-0.05, 0) is 79.1 Å². The number of rotatable bonds is 11. The van der Waals surface area contributed by atoms with Crippen LogP contribution in [-0.2, 0) is 19.1 Å². The number of benzene rings is 3. The first-order valence-corrected chi connectivity index (χ1v) is 19.4. The SMILES string of the molecule is COC(=O)NC(C(=O)N1CCCC1c1ncc(-c2ccc(-c3ccc4cc(-c5cnc(C6CCCN6C(=O)C(NC(=O)OC)C(C)O)[nH]5)ccc4c3)cc2)[nH]1)C(C)O. The number of fused-ring (bicyclic) bond motifs is 1. The molecule has 16 nitrogen and oxygen atoms in total. The number of carbonyl (C=O) groups excluding carboxylic acids is 4. The third-order valence-corrected chi connectivity index (χ3v) is 11.0. The van der Waals surface area contributed by atoms with Crippen LogP contribution in [0.15, 0.2) is 73.1 Å². The molecule has 0 saturated carbocycles. The number of nitrogens with zero attached hydrogens (tertiary/aromatic N) is 4. The number of methoxy groups -OCH3 is 2. The van der Waals surface area contributed by atoms with Gasteiger partial charge in [0.1, 0.15) is 23.7 Å². The van der Waals surface area contributed by atoms with E-state index in [1.165, 1.54) is 28.1 Å². The summed E-state index contributed by atoms with van der Waals surface area (Å²) in [5.41, 5.74) is 5.58. The molecule has 58 heavy (non-hydrogen) atoms. The Kier molecular flexibility index (Phi) is 11.8. The van der Waals surface area contributed by atoms with Crippen LogP contribution in [0.2, 0.25) is 0 Å². The molecule has 0 spiro atoms. The van der Waals surface area contributed by atoms with Gasteiger partial charge in [0.25, 0.3) is 0 Å². The van der Waals surface area contributed by atoms with E-state index in [0.717, 1.165) is 57.3 Å². The minimum Gasteiger partial charge on any atom is -0.453 e. The van der Waals surface area contributed by atoms with Crippen LogP contribution < -0.4 is 10.6 Å². The fourth-order valence-corrected chi connectivity index (χ4v) is 7.88. The van der Waals surface area contributed by atoms with Crippen molar-refractivity contribution in [3.8, 4) is 33.6 Å². The predicted octanol–water partition coefficient (Wildman–Crippen LogP) is 4.82. The monoisotopic (exact) mass is 792 g/mol. The largest absolute Gasteiger partial charge is 0.453 e. The van der Waals surface area contributed by atoms with Gasteiger partial charge in [-0.3, -0.25) is 9.59 Å². The molecule has 4 heterocycles. The van der Waals surface area contributed by atoms with Gasteiger partial charge < -0.3 is 50.1 Å². The lowest BCUT2D eigenvalue weighted by atomic mass is 9.98. The number of imidazole rings is 2. The molecule has 0 radical (unpaired) electrons. The van der Waals surface area contributed by atoms with Crippen LogP contribution in [0.1, 0.15) is 63.3 Å². The number of aromatic amines is 2. The second-order valence-corrected chi connectivity index (χ2v) is 14.8. The highest BCUT2D eigenvalue weighted by atomic mass is 16.5. The Bertz CT molecular complexity index is 2290. The maximum Gasteiger partial charge on any atom is 0.407 e. The third-order valence-electron chi connectivity index (χ3n) is 11.0. The molecule has 6 unspecified atom stereocenters. The van der Waals surface area contributed by atoms with Gasteiger partial charge in [0.05, 0.1) is 62.3 Å². The van der Waals surface area contributed by atoms with Crippen LogP contribution in [0, 0.1) is 0 Å². The number of H-pyrrole nitrogens is 2. The van der Waals surface area contributed by atoms with Gasteiger partial charge in [-0.25, -0.2) is 19.6 Å².